The number of para-hydroxylation sites is 1. The predicted molar refractivity (Wildman–Crippen MR) is 79.1 cm³/mol. The van der Waals surface area contributed by atoms with Crippen molar-refractivity contribution in [2.45, 2.75) is 32.7 Å². The van der Waals surface area contributed by atoms with Crippen molar-refractivity contribution in [1.82, 2.24) is 0 Å². The van der Waals surface area contributed by atoms with E-state index < -0.39 is 0 Å². The molecule has 0 saturated heterocycles. The molecule has 0 amide bonds. The molecular weight excluding hydrogens is 218 g/mol. The molecule has 0 aliphatic carbocycles. The summed E-state index contributed by atoms with van der Waals surface area (Å²) in [7, 11) is 0. The Hall–Kier alpha value is -1.76. The number of hydrogen-bond acceptors (Lipinski definition) is 1. The Kier molecular flexibility index (Phi) is 4.40. The Morgan fingerprint density at radius 3 is 2.33 bits per heavy atom. The van der Waals surface area contributed by atoms with Gasteiger partial charge in [0.25, 0.3) is 0 Å². The summed E-state index contributed by atoms with van der Waals surface area (Å²) in [4.78, 5) is 0. The van der Waals surface area contributed by atoms with Crippen molar-refractivity contribution < 1.29 is 0 Å². The van der Waals surface area contributed by atoms with Gasteiger partial charge in [-0.25, -0.2) is 0 Å². The summed E-state index contributed by atoms with van der Waals surface area (Å²) < 4.78 is 0. The van der Waals surface area contributed by atoms with E-state index in [0.29, 0.717) is 6.04 Å². The third kappa shape index (κ3) is 3.36. The Morgan fingerprint density at radius 2 is 1.61 bits per heavy atom. The molecule has 0 heterocycles. The summed E-state index contributed by atoms with van der Waals surface area (Å²) in [5.41, 5.74) is 3.98. The molecule has 0 aliphatic rings. The molecule has 94 valence electrons. The zero-order chi connectivity index (χ0) is 12.8. The molecule has 0 fully saturated rings. The van der Waals surface area contributed by atoms with Crippen molar-refractivity contribution in [3.63, 3.8) is 0 Å². The minimum absolute atomic E-state index is 0.516. The molecular formula is C17H21N. The van der Waals surface area contributed by atoms with Crippen LogP contribution in [-0.4, -0.2) is 6.04 Å². The van der Waals surface area contributed by atoms with E-state index in [1.807, 2.05) is 0 Å². The zero-order valence-corrected chi connectivity index (χ0v) is 11.2. The van der Waals surface area contributed by atoms with Gasteiger partial charge in [0.15, 0.2) is 0 Å². The summed E-state index contributed by atoms with van der Waals surface area (Å²) in [5, 5.41) is 3.58. The fourth-order valence-corrected chi connectivity index (χ4v) is 2.00. The van der Waals surface area contributed by atoms with E-state index in [1.165, 1.54) is 16.8 Å². The molecule has 1 heteroatoms. The molecule has 0 bridgehead atoms. The van der Waals surface area contributed by atoms with Gasteiger partial charge in [-0.3, -0.25) is 0 Å². The highest BCUT2D eigenvalue weighted by molar-refractivity contribution is 5.53. The van der Waals surface area contributed by atoms with Gasteiger partial charge in [0.05, 0.1) is 0 Å². The van der Waals surface area contributed by atoms with Crippen molar-refractivity contribution in [3.8, 4) is 0 Å². The second-order valence-electron chi connectivity index (χ2n) is 4.77. The summed E-state index contributed by atoms with van der Waals surface area (Å²) >= 11 is 0. The van der Waals surface area contributed by atoms with Crippen LogP contribution in [0.25, 0.3) is 0 Å². The van der Waals surface area contributed by atoms with Crippen molar-refractivity contribution in [1.29, 1.82) is 0 Å². The highest BCUT2D eigenvalue weighted by Gasteiger charge is 2.05. The third-order valence-corrected chi connectivity index (χ3v) is 3.27. The van der Waals surface area contributed by atoms with Crippen LogP contribution >= 0.6 is 0 Å². The lowest BCUT2D eigenvalue weighted by molar-refractivity contribution is 0.762. The van der Waals surface area contributed by atoms with E-state index >= 15 is 0 Å². The molecule has 0 radical (unpaired) electrons. The topological polar surface area (TPSA) is 12.0 Å². The van der Waals surface area contributed by atoms with Gasteiger partial charge in [0.2, 0.25) is 0 Å². The van der Waals surface area contributed by atoms with Crippen molar-refractivity contribution in [2.75, 3.05) is 5.32 Å². The number of nitrogens with one attached hydrogen (secondary N) is 1. The number of rotatable bonds is 5. The minimum atomic E-state index is 0.516. The van der Waals surface area contributed by atoms with Gasteiger partial charge >= 0.3 is 0 Å². The largest absolute Gasteiger partial charge is 0.382 e. The number of hydrogen-bond donors (Lipinski definition) is 1. The van der Waals surface area contributed by atoms with Crippen LogP contribution < -0.4 is 5.32 Å². The quantitative estimate of drug-likeness (QED) is 0.810. The van der Waals surface area contributed by atoms with Crippen LogP contribution in [0.4, 0.5) is 5.69 Å². The molecule has 0 aliphatic heterocycles. The standard InChI is InChI=1S/C17H21N/c1-3-14(2)18-17-12-8-7-11-16(17)13-15-9-5-4-6-10-15/h4-12,14,18H,3,13H2,1-2H3. The van der Waals surface area contributed by atoms with E-state index in [4.69, 9.17) is 0 Å². The Bertz CT molecular complexity index is 476. The lowest BCUT2D eigenvalue weighted by Crippen LogP contribution is -2.14. The summed E-state index contributed by atoms with van der Waals surface area (Å²) in [6, 6.07) is 19.7. The molecule has 2 aromatic carbocycles. The van der Waals surface area contributed by atoms with Crippen LogP contribution in [0.2, 0.25) is 0 Å². The fraction of sp³-hybridized carbons (Fsp3) is 0.294. The third-order valence-electron chi connectivity index (χ3n) is 3.27. The molecule has 1 nitrogen and oxygen atoms in total. The van der Waals surface area contributed by atoms with E-state index in [2.05, 4.69) is 73.8 Å². The van der Waals surface area contributed by atoms with Gasteiger partial charge in [0, 0.05) is 11.7 Å². The minimum Gasteiger partial charge on any atom is -0.382 e. The monoisotopic (exact) mass is 239 g/mol. The first-order valence-electron chi connectivity index (χ1n) is 6.68. The molecule has 1 atom stereocenters. The van der Waals surface area contributed by atoms with Crippen LogP contribution in [0, 0.1) is 0 Å². The normalized spacial score (nSPS) is 12.1. The molecule has 2 aromatic rings. The maximum absolute atomic E-state index is 3.58. The SMILES string of the molecule is CCC(C)Nc1ccccc1Cc1ccccc1. The maximum atomic E-state index is 3.58. The van der Waals surface area contributed by atoms with Crippen molar-refractivity contribution in [3.05, 3.63) is 65.7 Å². The van der Waals surface area contributed by atoms with Gasteiger partial charge in [-0.2, -0.15) is 0 Å². The number of anilines is 1. The average Bonchev–Trinajstić information content (AvgIpc) is 2.42. The Balaban J connectivity index is 2.17. The van der Waals surface area contributed by atoms with Gasteiger partial charge in [0.1, 0.15) is 0 Å². The molecule has 2 rings (SSSR count). The molecule has 0 saturated carbocycles. The van der Waals surface area contributed by atoms with Gasteiger partial charge in [-0.15, -0.1) is 0 Å². The van der Waals surface area contributed by atoms with Crippen molar-refractivity contribution in [2.24, 2.45) is 0 Å². The highest BCUT2D eigenvalue weighted by atomic mass is 14.9. The highest BCUT2D eigenvalue weighted by Crippen LogP contribution is 2.20. The summed E-state index contributed by atoms with van der Waals surface area (Å²) in [6.45, 7) is 4.43. The molecule has 0 aromatic heterocycles. The van der Waals surface area contributed by atoms with Crippen LogP contribution in [0.15, 0.2) is 54.6 Å². The lowest BCUT2D eigenvalue weighted by atomic mass is 10.0. The number of benzene rings is 2. The lowest BCUT2D eigenvalue weighted by Gasteiger charge is -2.16. The second-order valence-corrected chi connectivity index (χ2v) is 4.77. The van der Waals surface area contributed by atoms with Crippen LogP contribution in [0.5, 0.6) is 0 Å². The predicted octanol–water partition coefficient (Wildman–Crippen LogP) is 4.49. The van der Waals surface area contributed by atoms with Crippen LogP contribution in [0.1, 0.15) is 31.4 Å². The first-order valence-corrected chi connectivity index (χ1v) is 6.68. The van der Waals surface area contributed by atoms with E-state index in [9.17, 15) is 0 Å². The zero-order valence-electron chi connectivity index (χ0n) is 11.2. The molecule has 1 unspecified atom stereocenters. The fourth-order valence-electron chi connectivity index (χ4n) is 2.00. The average molecular weight is 239 g/mol. The Labute approximate surface area is 110 Å². The van der Waals surface area contributed by atoms with Crippen molar-refractivity contribution >= 4 is 5.69 Å². The van der Waals surface area contributed by atoms with Crippen LogP contribution in [-0.2, 0) is 6.42 Å². The Morgan fingerprint density at radius 1 is 0.944 bits per heavy atom. The first-order chi connectivity index (χ1) is 8.79. The van der Waals surface area contributed by atoms with Gasteiger partial charge in [-0.1, -0.05) is 55.5 Å². The smallest absolute Gasteiger partial charge is 0.0378 e. The van der Waals surface area contributed by atoms with E-state index in [1.54, 1.807) is 0 Å². The summed E-state index contributed by atoms with van der Waals surface area (Å²) in [6.07, 6.45) is 2.13. The van der Waals surface area contributed by atoms with E-state index in [-0.39, 0.29) is 0 Å². The van der Waals surface area contributed by atoms with Gasteiger partial charge in [-0.05, 0) is 37.0 Å². The summed E-state index contributed by atoms with van der Waals surface area (Å²) in [5.74, 6) is 0. The molecule has 1 N–H and O–H groups in total. The molecule has 0 spiro atoms. The van der Waals surface area contributed by atoms with Crippen LogP contribution in [0.3, 0.4) is 0 Å². The second kappa shape index (κ2) is 6.25. The maximum Gasteiger partial charge on any atom is 0.0378 e. The molecule has 18 heavy (non-hydrogen) atoms. The van der Waals surface area contributed by atoms with E-state index in [0.717, 1.165) is 12.8 Å². The first kappa shape index (κ1) is 12.7. The van der Waals surface area contributed by atoms with Gasteiger partial charge < -0.3 is 5.32 Å².